The highest BCUT2D eigenvalue weighted by molar-refractivity contribution is 5.95. The molecule has 0 fully saturated rings. The number of hydrogen-bond donors (Lipinski definition) is 0. The van der Waals surface area contributed by atoms with Crippen LogP contribution in [-0.4, -0.2) is 29.7 Å². The van der Waals surface area contributed by atoms with Crippen molar-refractivity contribution in [1.82, 2.24) is 4.90 Å². The lowest BCUT2D eigenvalue weighted by atomic mass is 9.99. The molecule has 4 heteroatoms. The highest BCUT2D eigenvalue weighted by Gasteiger charge is 2.21. The van der Waals surface area contributed by atoms with E-state index in [1.54, 1.807) is 13.0 Å². The van der Waals surface area contributed by atoms with Crippen molar-refractivity contribution in [3.05, 3.63) is 58.5 Å². The fraction of sp³-hybridized carbons (Fsp3) is 0.333. The van der Waals surface area contributed by atoms with E-state index in [1.165, 1.54) is 17.4 Å². The van der Waals surface area contributed by atoms with Gasteiger partial charge in [0.2, 0.25) is 0 Å². The molecule has 2 heterocycles. The molecule has 0 saturated heterocycles. The number of carbonyl (C=O) groups is 2. The second-order valence-electron chi connectivity index (χ2n) is 5.78. The lowest BCUT2D eigenvalue weighted by Gasteiger charge is -2.19. The molecule has 0 spiro atoms. The van der Waals surface area contributed by atoms with Crippen LogP contribution in [-0.2, 0) is 12.8 Å². The molecule has 1 aliphatic heterocycles. The van der Waals surface area contributed by atoms with Gasteiger partial charge in [-0.25, -0.2) is 0 Å². The van der Waals surface area contributed by atoms with Gasteiger partial charge in [-0.1, -0.05) is 12.1 Å². The summed E-state index contributed by atoms with van der Waals surface area (Å²) >= 11 is 0. The minimum absolute atomic E-state index is 0.0106. The van der Waals surface area contributed by atoms with Gasteiger partial charge >= 0.3 is 0 Å². The van der Waals surface area contributed by atoms with Crippen molar-refractivity contribution in [2.45, 2.75) is 26.7 Å². The van der Waals surface area contributed by atoms with Crippen LogP contribution in [0.15, 0.2) is 34.9 Å². The Kier molecular flexibility index (Phi) is 3.84. The Morgan fingerprint density at radius 3 is 2.41 bits per heavy atom. The monoisotopic (exact) mass is 297 g/mol. The summed E-state index contributed by atoms with van der Waals surface area (Å²) in [7, 11) is 0. The molecule has 22 heavy (non-hydrogen) atoms. The Morgan fingerprint density at radius 1 is 1.05 bits per heavy atom. The Labute approximate surface area is 129 Å². The third-order valence-electron chi connectivity index (χ3n) is 4.18. The van der Waals surface area contributed by atoms with E-state index in [4.69, 9.17) is 4.42 Å². The summed E-state index contributed by atoms with van der Waals surface area (Å²) in [5, 5.41) is 0. The van der Waals surface area contributed by atoms with Gasteiger partial charge in [-0.05, 0) is 49.9 Å². The van der Waals surface area contributed by atoms with Gasteiger partial charge in [0.15, 0.2) is 5.78 Å². The maximum Gasteiger partial charge on any atom is 0.257 e. The van der Waals surface area contributed by atoms with Gasteiger partial charge in [-0.15, -0.1) is 0 Å². The van der Waals surface area contributed by atoms with E-state index in [0.29, 0.717) is 18.7 Å². The van der Waals surface area contributed by atoms with Crippen LogP contribution in [0.4, 0.5) is 0 Å². The second kappa shape index (κ2) is 5.79. The molecule has 4 nitrogen and oxygen atoms in total. The average molecular weight is 297 g/mol. The standard InChI is InChI=1S/C18H19NO3/c1-12-9-17(11-22-12)18(21)19-7-5-14-3-4-15(13(2)20)10-16(14)6-8-19/h3-4,9-11H,5-8H2,1-2H3. The van der Waals surface area contributed by atoms with Crippen LogP contribution in [0.3, 0.4) is 0 Å². The van der Waals surface area contributed by atoms with Crippen molar-refractivity contribution in [1.29, 1.82) is 0 Å². The number of amides is 1. The highest BCUT2D eigenvalue weighted by atomic mass is 16.3. The molecule has 0 radical (unpaired) electrons. The molecular formula is C18H19NO3. The van der Waals surface area contributed by atoms with Gasteiger partial charge in [-0.2, -0.15) is 0 Å². The van der Waals surface area contributed by atoms with E-state index in [0.717, 1.165) is 24.2 Å². The number of fused-ring (bicyclic) bond motifs is 1. The number of Topliss-reactive ketones (excluding diaryl/α,β-unsaturated/α-hetero) is 1. The largest absolute Gasteiger partial charge is 0.469 e. The first-order valence-corrected chi connectivity index (χ1v) is 7.52. The smallest absolute Gasteiger partial charge is 0.257 e. The first-order valence-electron chi connectivity index (χ1n) is 7.52. The van der Waals surface area contributed by atoms with Crippen molar-refractivity contribution in [3.8, 4) is 0 Å². The molecule has 0 N–H and O–H groups in total. The molecular weight excluding hydrogens is 278 g/mol. The second-order valence-corrected chi connectivity index (χ2v) is 5.78. The van der Waals surface area contributed by atoms with Gasteiger partial charge in [0.25, 0.3) is 5.91 Å². The van der Waals surface area contributed by atoms with Crippen LogP contribution in [0, 0.1) is 6.92 Å². The summed E-state index contributed by atoms with van der Waals surface area (Å²) in [5.41, 5.74) is 3.74. The van der Waals surface area contributed by atoms with Crippen LogP contribution in [0.5, 0.6) is 0 Å². The highest BCUT2D eigenvalue weighted by Crippen LogP contribution is 2.20. The zero-order valence-electron chi connectivity index (χ0n) is 12.9. The zero-order chi connectivity index (χ0) is 15.7. The number of carbonyl (C=O) groups excluding carboxylic acids is 2. The van der Waals surface area contributed by atoms with E-state index in [2.05, 4.69) is 0 Å². The Bertz CT molecular complexity index is 730. The van der Waals surface area contributed by atoms with E-state index in [9.17, 15) is 9.59 Å². The molecule has 3 rings (SSSR count). The van der Waals surface area contributed by atoms with Crippen LogP contribution >= 0.6 is 0 Å². The van der Waals surface area contributed by atoms with E-state index in [-0.39, 0.29) is 11.7 Å². The summed E-state index contributed by atoms with van der Waals surface area (Å²) in [6, 6.07) is 7.63. The topological polar surface area (TPSA) is 50.5 Å². The first kappa shape index (κ1) is 14.6. The van der Waals surface area contributed by atoms with Crippen LogP contribution in [0.1, 0.15) is 44.5 Å². The number of benzene rings is 1. The Hall–Kier alpha value is -2.36. The molecule has 1 aromatic carbocycles. The quantitative estimate of drug-likeness (QED) is 0.801. The molecule has 0 bridgehead atoms. The lowest BCUT2D eigenvalue weighted by Crippen LogP contribution is -2.33. The molecule has 0 atom stereocenters. The van der Waals surface area contributed by atoms with E-state index >= 15 is 0 Å². The summed E-state index contributed by atoms with van der Waals surface area (Å²) < 4.78 is 5.23. The molecule has 1 amide bonds. The molecule has 114 valence electrons. The van der Waals surface area contributed by atoms with Gasteiger partial charge in [0.05, 0.1) is 5.56 Å². The number of aryl methyl sites for hydroxylation is 1. The predicted molar refractivity (Wildman–Crippen MR) is 83.2 cm³/mol. The Morgan fingerprint density at radius 2 is 1.77 bits per heavy atom. The van der Waals surface area contributed by atoms with Crippen molar-refractivity contribution in [2.75, 3.05) is 13.1 Å². The molecule has 1 aliphatic rings. The van der Waals surface area contributed by atoms with Crippen LogP contribution < -0.4 is 0 Å². The van der Waals surface area contributed by atoms with Gasteiger partial charge < -0.3 is 9.32 Å². The summed E-state index contributed by atoms with van der Waals surface area (Å²) in [6.45, 7) is 4.76. The number of hydrogen-bond acceptors (Lipinski definition) is 3. The van der Waals surface area contributed by atoms with Crippen molar-refractivity contribution in [2.24, 2.45) is 0 Å². The Balaban J connectivity index is 1.78. The maximum atomic E-state index is 12.5. The van der Waals surface area contributed by atoms with Gasteiger partial charge in [0, 0.05) is 18.7 Å². The first-order chi connectivity index (χ1) is 10.5. The fourth-order valence-electron chi connectivity index (χ4n) is 2.89. The molecule has 1 aromatic heterocycles. The van der Waals surface area contributed by atoms with Crippen LogP contribution in [0.2, 0.25) is 0 Å². The fourth-order valence-corrected chi connectivity index (χ4v) is 2.89. The third-order valence-corrected chi connectivity index (χ3v) is 4.18. The van der Waals surface area contributed by atoms with Crippen molar-refractivity contribution >= 4 is 11.7 Å². The molecule has 0 saturated carbocycles. The third kappa shape index (κ3) is 2.82. The molecule has 0 aliphatic carbocycles. The maximum absolute atomic E-state index is 12.5. The van der Waals surface area contributed by atoms with Gasteiger partial charge in [-0.3, -0.25) is 9.59 Å². The zero-order valence-corrected chi connectivity index (χ0v) is 12.9. The number of nitrogens with zero attached hydrogens (tertiary/aromatic N) is 1. The lowest BCUT2D eigenvalue weighted by molar-refractivity contribution is 0.0762. The SMILES string of the molecule is CC(=O)c1ccc2c(c1)CCN(C(=O)c1coc(C)c1)CC2. The number of furan rings is 1. The normalized spacial score (nSPS) is 14.4. The van der Waals surface area contributed by atoms with Crippen molar-refractivity contribution < 1.29 is 14.0 Å². The molecule has 2 aromatic rings. The number of ketones is 1. The van der Waals surface area contributed by atoms with E-state index in [1.807, 2.05) is 30.0 Å². The predicted octanol–water partition coefficient (Wildman–Crippen LogP) is 3.03. The summed E-state index contributed by atoms with van der Waals surface area (Å²) in [6.07, 6.45) is 3.11. The average Bonchev–Trinajstić information content (AvgIpc) is 2.82. The minimum atomic E-state index is 0.0106. The summed E-state index contributed by atoms with van der Waals surface area (Å²) in [4.78, 5) is 25.9. The van der Waals surface area contributed by atoms with Crippen molar-refractivity contribution in [3.63, 3.8) is 0 Å². The summed E-state index contributed by atoms with van der Waals surface area (Å²) in [5.74, 6) is 0.831. The van der Waals surface area contributed by atoms with E-state index < -0.39 is 0 Å². The number of rotatable bonds is 2. The van der Waals surface area contributed by atoms with Gasteiger partial charge in [0.1, 0.15) is 12.0 Å². The van der Waals surface area contributed by atoms with Crippen LogP contribution in [0.25, 0.3) is 0 Å². The minimum Gasteiger partial charge on any atom is -0.469 e. The molecule has 0 unspecified atom stereocenters.